The van der Waals surface area contributed by atoms with Gasteiger partial charge in [0.25, 0.3) is 0 Å². The van der Waals surface area contributed by atoms with Crippen LogP contribution >= 0.6 is 0 Å². The maximum Gasteiger partial charge on any atom is 0.335 e. The van der Waals surface area contributed by atoms with E-state index in [2.05, 4.69) is 24.3 Å². The number of aromatic carboxylic acids is 1. The standard InChI is InChI=1S/C15H22N2O2/c1-11-4-3-5-12(2)17(11)16-10-13-6-8-14(9-7-13)15(18)19/h6-9,11-12,16H,3-5,10H2,1-2H3,(H,18,19). The number of hydrogen-bond donors (Lipinski definition) is 2. The average molecular weight is 262 g/mol. The largest absolute Gasteiger partial charge is 0.478 e. The second kappa shape index (κ2) is 6.17. The minimum Gasteiger partial charge on any atom is -0.478 e. The van der Waals surface area contributed by atoms with Crippen LogP contribution in [0.25, 0.3) is 0 Å². The molecular weight excluding hydrogens is 240 g/mol. The molecule has 1 heterocycles. The summed E-state index contributed by atoms with van der Waals surface area (Å²) in [6, 6.07) is 8.17. The molecule has 0 aromatic heterocycles. The van der Waals surface area contributed by atoms with Gasteiger partial charge in [-0.1, -0.05) is 18.6 Å². The number of hydrogen-bond acceptors (Lipinski definition) is 3. The summed E-state index contributed by atoms with van der Waals surface area (Å²) in [5, 5.41) is 11.2. The molecule has 1 fully saturated rings. The zero-order valence-electron chi connectivity index (χ0n) is 11.6. The molecule has 2 unspecified atom stereocenters. The lowest BCUT2D eigenvalue weighted by Crippen LogP contribution is -2.51. The Morgan fingerprint density at radius 1 is 1.26 bits per heavy atom. The van der Waals surface area contributed by atoms with Crippen molar-refractivity contribution in [3.63, 3.8) is 0 Å². The molecule has 0 saturated carbocycles. The Labute approximate surface area is 114 Å². The van der Waals surface area contributed by atoms with Gasteiger partial charge < -0.3 is 5.11 Å². The van der Waals surface area contributed by atoms with Gasteiger partial charge in [0.05, 0.1) is 5.56 Å². The molecule has 104 valence electrons. The number of benzene rings is 1. The highest BCUT2D eigenvalue weighted by molar-refractivity contribution is 5.87. The fourth-order valence-electron chi connectivity index (χ4n) is 2.68. The van der Waals surface area contributed by atoms with Crippen LogP contribution in [0.15, 0.2) is 24.3 Å². The topological polar surface area (TPSA) is 52.6 Å². The molecule has 1 saturated heterocycles. The third kappa shape index (κ3) is 3.55. The smallest absolute Gasteiger partial charge is 0.335 e. The first-order valence-electron chi connectivity index (χ1n) is 6.92. The zero-order valence-corrected chi connectivity index (χ0v) is 11.6. The van der Waals surface area contributed by atoms with Gasteiger partial charge in [-0.3, -0.25) is 5.43 Å². The van der Waals surface area contributed by atoms with E-state index in [0.717, 1.165) is 12.1 Å². The Hall–Kier alpha value is -1.39. The van der Waals surface area contributed by atoms with Gasteiger partial charge in [-0.2, -0.15) is 0 Å². The van der Waals surface area contributed by atoms with Gasteiger partial charge >= 0.3 is 5.97 Å². The fourth-order valence-corrected chi connectivity index (χ4v) is 2.68. The van der Waals surface area contributed by atoms with Crippen molar-refractivity contribution in [3.8, 4) is 0 Å². The molecule has 0 spiro atoms. The van der Waals surface area contributed by atoms with Crippen LogP contribution in [0.5, 0.6) is 0 Å². The lowest BCUT2D eigenvalue weighted by molar-refractivity contribution is 0.0435. The molecule has 0 aliphatic carbocycles. The van der Waals surface area contributed by atoms with Crippen LogP contribution in [0.4, 0.5) is 0 Å². The molecule has 0 radical (unpaired) electrons. The summed E-state index contributed by atoms with van der Waals surface area (Å²) in [5.41, 5.74) is 4.91. The molecule has 4 heteroatoms. The second-order valence-corrected chi connectivity index (χ2v) is 5.37. The molecule has 2 atom stereocenters. The van der Waals surface area contributed by atoms with Crippen molar-refractivity contribution in [2.75, 3.05) is 0 Å². The molecular formula is C15H22N2O2. The number of rotatable bonds is 4. The van der Waals surface area contributed by atoms with E-state index >= 15 is 0 Å². The number of carbonyl (C=O) groups is 1. The summed E-state index contributed by atoms with van der Waals surface area (Å²) in [4.78, 5) is 10.8. The number of carboxylic acid groups (broad SMARTS) is 1. The normalized spacial score (nSPS) is 24.3. The Balaban J connectivity index is 1.92. The van der Waals surface area contributed by atoms with E-state index in [1.807, 2.05) is 12.1 Å². The number of piperidine rings is 1. The molecule has 2 rings (SSSR count). The van der Waals surface area contributed by atoms with E-state index in [-0.39, 0.29) is 0 Å². The molecule has 4 nitrogen and oxygen atoms in total. The van der Waals surface area contributed by atoms with Gasteiger partial charge in [0.15, 0.2) is 0 Å². The number of hydrazine groups is 1. The number of carboxylic acids is 1. The maximum atomic E-state index is 10.8. The first-order valence-corrected chi connectivity index (χ1v) is 6.92. The minimum absolute atomic E-state index is 0.337. The molecule has 19 heavy (non-hydrogen) atoms. The number of nitrogens with one attached hydrogen (secondary N) is 1. The van der Waals surface area contributed by atoms with Crippen molar-refractivity contribution in [3.05, 3.63) is 35.4 Å². The van der Waals surface area contributed by atoms with Gasteiger partial charge in [-0.25, -0.2) is 9.80 Å². The molecule has 1 aromatic rings. The van der Waals surface area contributed by atoms with Crippen molar-refractivity contribution in [2.24, 2.45) is 0 Å². The summed E-state index contributed by atoms with van der Waals surface area (Å²) in [6.07, 6.45) is 3.76. The fraction of sp³-hybridized carbons (Fsp3) is 0.533. The summed E-state index contributed by atoms with van der Waals surface area (Å²) < 4.78 is 0. The lowest BCUT2D eigenvalue weighted by atomic mass is 10.00. The zero-order chi connectivity index (χ0) is 13.8. The Kier molecular flexibility index (Phi) is 4.56. The predicted molar refractivity (Wildman–Crippen MR) is 74.9 cm³/mol. The highest BCUT2D eigenvalue weighted by Gasteiger charge is 2.23. The van der Waals surface area contributed by atoms with Crippen LogP contribution in [0, 0.1) is 0 Å². The van der Waals surface area contributed by atoms with Gasteiger partial charge in [0, 0.05) is 18.6 Å². The van der Waals surface area contributed by atoms with Crippen molar-refractivity contribution in [2.45, 2.75) is 51.7 Å². The minimum atomic E-state index is -0.877. The summed E-state index contributed by atoms with van der Waals surface area (Å²) in [5.74, 6) is -0.877. The Bertz CT molecular complexity index is 420. The predicted octanol–water partition coefficient (Wildman–Crippen LogP) is 2.65. The third-order valence-corrected chi connectivity index (χ3v) is 3.86. The first kappa shape index (κ1) is 14.0. The van der Waals surface area contributed by atoms with Crippen LogP contribution in [0.1, 0.15) is 49.0 Å². The maximum absolute atomic E-state index is 10.8. The average Bonchev–Trinajstić information content (AvgIpc) is 2.38. The van der Waals surface area contributed by atoms with E-state index in [1.54, 1.807) is 12.1 Å². The SMILES string of the molecule is CC1CCCC(C)N1NCc1ccc(C(=O)O)cc1. The molecule has 0 bridgehead atoms. The van der Waals surface area contributed by atoms with E-state index in [0.29, 0.717) is 17.6 Å². The molecule has 1 aromatic carbocycles. The monoisotopic (exact) mass is 262 g/mol. The van der Waals surface area contributed by atoms with Crippen molar-refractivity contribution in [1.29, 1.82) is 0 Å². The van der Waals surface area contributed by atoms with Crippen LogP contribution in [-0.2, 0) is 6.54 Å². The highest BCUT2D eigenvalue weighted by atomic mass is 16.4. The van der Waals surface area contributed by atoms with Gasteiger partial charge in [-0.05, 0) is 44.4 Å². The van der Waals surface area contributed by atoms with Gasteiger partial charge in [0.1, 0.15) is 0 Å². The highest BCUT2D eigenvalue weighted by Crippen LogP contribution is 2.20. The van der Waals surface area contributed by atoms with Crippen LogP contribution < -0.4 is 5.43 Å². The van der Waals surface area contributed by atoms with Crippen LogP contribution in [0.3, 0.4) is 0 Å². The van der Waals surface area contributed by atoms with Gasteiger partial charge in [0.2, 0.25) is 0 Å². The van der Waals surface area contributed by atoms with Crippen molar-refractivity contribution >= 4 is 5.97 Å². The quantitative estimate of drug-likeness (QED) is 0.876. The summed E-state index contributed by atoms with van der Waals surface area (Å²) >= 11 is 0. The Morgan fingerprint density at radius 2 is 1.84 bits per heavy atom. The second-order valence-electron chi connectivity index (χ2n) is 5.37. The van der Waals surface area contributed by atoms with Crippen LogP contribution in [0.2, 0.25) is 0 Å². The summed E-state index contributed by atoms with van der Waals surface area (Å²) in [7, 11) is 0. The summed E-state index contributed by atoms with van der Waals surface area (Å²) in [6.45, 7) is 5.24. The van der Waals surface area contributed by atoms with Gasteiger partial charge in [-0.15, -0.1) is 0 Å². The third-order valence-electron chi connectivity index (χ3n) is 3.86. The van der Waals surface area contributed by atoms with Crippen molar-refractivity contribution < 1.29 is 9.90 Å². The van der Waals surface area contributed by atoms with Crippen molar-refractivity contribution in [1.82, 2.24) is 10.4 Å². The molecule has 0 amide bonds. The first-order chi connectivity index (χ1) is 9.08. The van der Waals surface area contributed by atoms with E-state index in [1.165, 1.54) is 19.3 Å². The van der Waals surface area contributed by atoms with E-state index in [4.69, 9.17) is 5.11 Å². The lowest BCUT2D eigenvalue weighted by Gasteiger charge is -2.39. The Morgan fingerprint density at radius 3 is 2.37 bits per heavy atom. The molecule has 2 N–H and O–H groups in total. The van der Waals surface area contributed by atoms with E-state index < -0.39 is 5.97 Å². The number of nitrogens with zero attached hydrogens (tertiary/aromatic N) is 1. The van der Waals surface area contributed by atoms with Crippen LogP contribution in [-0.4, -0.2) is 28.2 Å². The van der Waals surface area contributed by atoms with E-state index in [9.17, 15) is 4.79 Å². The molecule has 1 aliphatic rings. The molecule has 1 aliphatic heterocycles.